The number of benzene rings is 1. The van der Waals surface area contributed by atoms with E-state index in [2.05, 4.69) is 9.99 Å². The van der Waals surface area contributed by atoms with Gasteiger partial charge in [-0.2, -0.15) is 0 Å². The molecule has 2 rings (SSSR count). The minimum Gasteiger partial charge on any atom is -0.399 e. The van der Waals surface area contributed by atoms with E-state index in [1.54, 1.807) is 6.21 Å². The highest BCUT2D eigenvalue weighted by Gasteiger charge is 2.51. The minimum absolute atomic E-state index is 0.329. The lowest BCUT2D eigenvalue weighted by molar-refractivity contribution is 0.215. The molecule has 3 nitrogen and oxygen atoms in total. The van der Waals surface area contributed by atoms with Crippen LogP contribution in [0.1, 0.15) is 17.5 Å². The standard InChI is InChI=1S/C12H12Cl3NO2/c1-17-16-6-9-3-2-4-10(5-9)11(8-18-11)7-12(13,14)15/h2-6H,7-8H2,1H3. The molecule has 0 amide bonds. The van der Waals surface area contributed by atoms with Gasteiger partial charge in [0, 0.05) is 6.42 Å². The van der Waals surface area contributed by atoms with Crippen molar-refractivity contribution in [2.24, 2.45) is 5.16 Å². The van der Waals surface area contributed by atoms with Crippen LogP contribution in [-0.4, -0.2) is 23.7 Å². The number of oxime groups is 1. The topological polar surface area (TPSA) is 34.1 Å². The van der Waals surface area contributed by atoms with Crippen molar-refractivity contribution in [3.8, 4) is 0 Å². The molecule has 6 heteroatoms. The Morgan fingerprint density at radius 3 is 2.78 bits per heavy atom. The van der Waals surface area contributed by atoms with E-state index in [1.165, 1.54) is 7.11 Å². The monoisotopic (exact) mass is 307 g/mol. The van der Waals surface area contributed by atoms with Gasteiger partial charge < -0.3 is 9.57 Å². The second-order valence-electron chi connectivity index (χ2n) is 4.12. The van der Waals surface area contributed by atoms with E-state index in [0.29, 0.717) is 13.0 Å². The van der Waals surface area contributed by atoms with E-state index < -0.39 is 9.39 Å². The summed E-state index contributed by atoms with van der Waals surface area (Å²) in [5.74, 6) is 0. The Labute approximate surface area is 121 Å². The van der Waals surface area contributed by atoms with Crippen LogP contribution >= 0.6 is 34.8 Å². The SMILES string of the molecule is CON=Cc1cccc(C2(CC(Cl)(Cl)Cl)CO2)c1. The molecule has 0 N–H and O–H groups in total. The van der Waals surface area contributed by atoms with E-state index in [4.69, 9.17) is 39.5 Å². The number of hydrogen-bond donors (Lipinski definition) is 0. The maximum atomic E-state index is 5.84. The Kier molecular flexibility index (Phi) is 4.07. The zero-order valence-electron chi connectivity index (χ0n) is 9.70. The zero-order valence-corrected chi connectivity index (χ0v) is 12.0. The molecule has 1 aromatic rings. The number of hydrogen-bond acceptors (Lipinski definition) is 3. The molecule has 1 atom stereocenters. The summed E-state index contributed by atoms with van der Waals surface area (Å²) >= 11 is 17.5. The fourth-order valence-corrected chi connectivity index (χ4v) is 2.45. The predicted molar refractivity (Wildman–Crippen MR) is 73.6 cm³/mol. The highest BCUT2D eigenvalue weighted by atomic mass is 35.6. The quantitative estimate of drug-likeness (QED) is 0.368. The van der Waals surface area contributed by atoms with Crippen molar-refractivity contribution < 1.29 is 9.57 Å². The lowest BCUT2D eigenvalue weighted by Crippen LogP contribution is -2.18. The maximum Gasteiger partial charge on any atom is 0.193 e. The van der Waals surface area contributed by atoms with Gasteiger partial charge in [-0.1, -0.05) is 58.2 Å². The first kappa shape index (κ1) is 13.9. The van der Waals surface area contributed by atoms with Gasteiger partial charge in [-0.15, -0.1) is 0 Å². The zero-order chi connectivity index (χ0) is 13.2. The molecular weight excluding hydrogens is 296 g/mol. The number of rotatable bonds is 4. The lowest BCUT2D eigenvalue weighted by atomic mass is 9.95. The first-order valence-corrected chi connectivity index (χ1v) is 6.46. The molecule has 98 valence electrons. The summed E-state index contributed by atoms with van der Waals surface area (Å²) in [6, 6.07) is 7.73. The molecular formula is C12H12Cl3NO2. The molecule has 1 saturated heterocycles. The molecule has 0 aromatic heterocycles. The van der Waals surface area contributed by atoms with Crippen LogP contribution in [0.3, 0.4) is 0 Å². The fourth-order valence-electron chi connectivity index (χ4n) is 1.80. The van der Waals surface area contributed by atoms with E-state index in [1.807, 2.05) is 24.3 Å². The van der Waals surface area contributed by atoms with Crippen LogP contribution < -0.4 is 0 Å². The largest absolute Gasteiger partial charge is 0.399 e. The van der Waals surface area contributed by atoms with Gasteiger partial charge in [0.2, 0.25) is 0 Å². The molecule has 1 aliphatic heterocycles. The van der Waals surface area contributed by atoms with Gasteiger partial charge in [0.25, 0.3) is 0 Å². The van der Waals surface area contributed by atoms with Gasteiger partial charge >= 0.3 is 0 Å². The Hall–Kier alpha value is -0.480. The maximum absolute atomic E-state index is 5.84. The smallest absolute Gasteiger partial charge is 0.193 e. The van der Waals surface area contributed by atoms with Crippen molar-refractivity contribution in [3.05, 3.63) is 35.4 Å². The summed E-state index contributed by atoms with van der Waals surface area (Å²) in [5, 5.41) is 3.72. The second kappa shape index (κ2) is 5.25. The van der Waals surface area contributed by atoms with Gasteiger partial charge in [0.15, 0.2) is 3.79 Å². The summed E-state index contributed by atoms with van der Waals surface area (Å²) in [6.45, 7) is 0.561. The normalized spacial score (nSPS) is 23.3. The van der Waals surface area contributed by atoms with Crippen LogP contribution in [0.25, 0.3) is 0 Å². The minimum atomic E-state index is -1.33. The molecule has 0 bridgehead atoms. The van der Waals surface area contributed by atoms with Gasteiger partial charge in [0.05, 0.1) is 12.8 Å². The molecule has 1 aromatic carbocycles. The predicted octanol–water partition coefficient (Wildman–Crippen LogP) is 3.65. The highest BCUT2D eigenvalue weighted by Crippen LogP contribution is 2.49. The van der Waals surface area contributed by atoms with Gasteiger partial charge in [-0.25, -0.2) is 0 Å². The van der Waals surface area contributed by atoms with Crippen LogP contribution in [0.4, 0.5) is 0 Å². The number of halogens is 3. The molecule has 0 aliphatic carbocycles. The Bertz CT molecular complexity index is 453. The summed E-state index contributed by atoms with van der Waals surface area (Å²) < 4.78 is 4.16. The number of nitrogens with zero attached hydrogens (tertiary/aromatic N) is 1. The van der Waals surface area contributed by atoms with Crippen molar-refractivity contribution in [1.29, 1.82) is 0 Å². The Balaban J connectivity index is 2.21. The molecule has 0 saturated carbocycles. The average molecular weight is 309 g/mol. The van der Waals surface area contributed by atoms with Gasteiger partial charge in [-0.3, -0.25) is 0 Å². The van der Waals surface area contributed by atoms with Gasteiger partial charge in [-0.05, 0) is 17.2 Å². The fraction of sp³-hybridized carbons (Fsp3) is 0.417. The van der Waals surface area contributed by atoms with Crippen molar-refractivity contribution in [2.45, 2.75) is 15.8 Å². The summed E-state index contributed by atoms with van der Waals surface area (Å²) in [7, 11) is 1.49. The second-order valence-corrected chi connectivity index (χ2v) is 6.63. The summed E-state index contributed by atoms with van der Waals surface area (Å²) in [6.07, 6.45) is 1.95. The van der Waals surface area contributed by atoms with Crippen LogP contribution in [0.5, 0.6) is 0 Å². The van der Waals surface area contributed by atoms with E-state index in [0.717, 1.165) is 11.1 Å². The van der Waals surface area contributed by atoms with Crippen molar-refractivity contribution >= 4 is 41.0 Å². The van der Waals surface area contributed by atoms with E-state index in [9.17, 15) is 0 Å². The molecule has 1 heterocycles. The molecule has 1 fully saturated rings. The third-order valence-corrected chi connectivity index (χ3v) is 3.10. The van der Waals surface area contributed by atoms with Crippen molar-refractivity contribution in [1.82, 2.24) is 0 Å². The van der Waals surface area contributed by atoms with Crippen LogP contribution in [0.2, 0.25) is 0 Å². The van der Waals surface area contributed by atoms with Crippen molar-refractivity contribution in [3.63, 3.8) is 0 Å². The van der Waals surface area contributed by atoms with Crippen LogP contribution in [0, 0.1) is 0 Å². The summed E-state index contributed by atoms with van der Waals surface area (Å²) in [4.78, 5) is 4.64. The van der Waals surface area contributed by atoms with Crippen molar-refractivity contribution in [2.75, 3.05) is 13.7 Å². The molecule has 0 spiro atoms. The number of ether oxygens (including phenoxy) is 1. The molecule has 0 radical (unpaired) electrons. The van der Waals surface area contributed by atoms with Crippen LogP contribution in [-0.2, 0) is 15.2 Å². The van der Waals surface area contributed by atoms with E-state index in [-0.39, 0.29) is 0 Å². The average Bonchev–Trinajstić information content (AvgIpc) is 3.05. The Morgan fingerprint density at radius 1 is 1.50 bits per heavy atom. The summed E-state index contributed by atoms with van der Waals surface area (Å²) in [5.41, 5.74) is 1.41. The molecule has 18 heavy (non-hydrogen) atoms. The Morgan fingerprint density at radius 2 is 2.22 bits per heavy atom. The lowest BCUT2D eigenvalue weighted by Gasteiger charge is -2.18. The third-order valence-electron chi connectivity index (χ3n) is 2.70. The molecule has 1 aliphatic rings. The third kappa shape index (κ3) is 3.51. The highest BCUT2D eigenvalue weighted by molar-refractivity contribution is 6.67. The van der Waals surface area contributed by atoms with E-state index >= 15 is 0 Å². The first-order chi connectivity index (χ1) is 8.45. The number of alkyl halides is 3. The first-order valence-electron chi connectivity index (χ1n) is 5.33. The number of epoxide rings is 1. The van der Waals surface area contributed by atoms with Crippen LogP contribution in [0.15, 0.2) is 29.4 Å². The molecule has 1 unspecified atom stereocenters. The van der Waals surface area contributed by atoms with Gasteiger partial charge in [0.1, 0.15) is 12.7 Å².